The van der Waals surface area contributed by atoms with Crippen LogP contribution in [0.3, 0.4) is 0 Å². The zero-order valence-electron chi connectivity index (χ0n) is 12.8. The van der Waals surface area contributed by atoms with E-state index in [1.165, 1.54) is 0 Å². The first-order chi connectivity index (χ1) is 9.59. The summed E-state index contributed by atoms with van der Waals surface area (Å²) in [4.78, 5) is 24.2. The molecule has 1 fully saturated rings. The number of hydrogen-bond acceptors (Lipinski definition) is 3. The van der Waals surface area contributed by atoms with Gasteiger partial charge in [0.2, 0.25) is 0 Å². The molecule has 0 amide bonds. The highest BCUT2D eigenvalue weighted by molar-refractivity contribution is 5.99. The van der Waals surface area contributed by atoms with Crippen molar-refractivity contribution in [2.75, 3.05) is 6.61 Å². The van der Waals surface area contributed by atoms with Crippen molar-refractivity contribution < 1.29 is 19.4 Å². The number of unbranched alkanes of at least 4 members (excludes halogenated alkanes) is 2. The fraction of sp³-hybridized carbons (Fsp3) is 0.875. The van der Waals surface area contributed by atoms with Gasteiger partial charge in [-0.3, -0.25) is 9.59 Å². The lowest BCUT2D eigenvalue weighted by Gasteiger charge is -2.38. The lowest BCUT2D eigenvalue weighted by Crippen LogP contribution is -2.48. The Bertz CT molecular complexity index is 326. The molecular formula is C16H28O4. The Labute approximate surface area is 121 Å². The van der Waals surface area contributed by atoms with Crippen LogP contribution in [0.2, 0.25) is 0 Å². The molecule has 4 nitrogen and oxygen atoms in total. The number of esters is 1. The van der Waals surface area contributed by atoms with E-state index in [1.54, 1.807) is 0 Å². The van der Waals surface area contributed by atoms with E-state index in [2.05, 4.69) is 6.92 Å². The second kappa shape index (κ2) is 8.28. The third-order valence-electron chi connectivity index (χ3n) is 4.45. The van der Waals surface area contributed by atoms with E-state index >= 15 is 0 Å². The number of carboxylic acid groups (broad SMARTS) is 1. The molecule has 0 bridgehead atoms. The van der Waals surface area contributed by atoms with Crippen LogP contribution in [0.5, 0.6) is 0 Å². The Morgan fingerprint density at radius 3 is 2.50 bits per heavy atom. The molecule has 1 rings (SSSR count). The minimum atomic E-state index is -1.29. The van der Waals surface area contributed by atoms with Gasteiger partial charge in [0, 0.05) is 0 Å². The molecule has 0 aromatic carbocycles. The van der Waals surface area contributed by atoms with Crippen molar-refractivity contribution in [1.29, 1.82) is 0 Å². The third-order valence-corrected chi connectivity index (χ3v) is 4.45. The predicted octanol–water partition coefficient (Wildman–Crippen LogP) is 3.78. The SMILES string of the molecule is CCCCOC(=O)C1(C(=O)O)CCCCC1CCCC. The molecule has 0 heterocycles. The number of ether oxygens (including phenoxy) is 1. The quantitative estimate of drug-likeness (QED) is 0.418. The lowest BCUT2D eigenvalue weighted by molar-refractivity contribution is -0.177. The van der Waals surface area contributed by atoms with Crippen LogP contribution in [0.4, 0.5) is 0 Å². The maximum absolute atomic E-state index is 12.4. The summed E-state index contributed by atoms with van der Waals surface area (Å²) in [7, 11) is 0. The molecular weight excluding hydrogens is 256 g/mol. The largest absolute Gasteiger partial charge is 0.480 e. The Hall–Kier alpha value is -1.06. The highest BCUT2D eigenvalue weighted by Crippen LogP contribution is 2.45. The Balaban J connectivity index is 2.85. The fourth-order valence-electron chi connectivity index (χ4n) is 3.16. The van der Waals surface area contributed by atoms with Gasteiger partial charge >= 0.3 is 11.9 Å². The molecule has 2 atom stereocenters. The van der Waals surface area contributed by atoms with Gasteiger partial charge in [-0.25, -0.2) is 0 Å². The molecule has 0 aromatic rings. The minimum Gasteiger partial charge on any atom is -0.480 e. The molecule has 20 heavy (non-hydrogen) atoms. The summed E-state index contributed by atoms with van der Waals surface area (Å²) >= 11 is 0. The van der Waals surface area contributed by atoms with Crippen LogP contribution >= 0.6 is 0 Å². The fourth-order valence-corrected chi connectivity index (χ4v) is 3.16. The Morgan fingerprint density at radius 1 is 1.20 bits per heavy atom. The van der Waals surface area contributed by atoms with Gasteiger partial charge in [-0.05, 0) is 31.6 Å². The molecule has 1 saturated carbocycles. The maximum atomic E-state index is 12.4. The first kappa shape index (κ1) is 17.0. The summed E-state index contributed by atoms with van der Waals surface area (Å²) in [6.45, 7) is 4.45. The number of carboxylic acids is 1. The van der Waals surface area contributed by atoms with Crippen molar-refractivity contribution in [2.24, 2.45) is 11.3 Å². The highest BCUT2D eigenvalue weighted by Gasteiger charge is 2.54. The van der Waals surface area contributed by atoms with E-state index in [0.717, 1.165) is 51.4 Å². The summed E-state index contributed by atoms with van der Waals surface area (Å²) in [5.74, 6) is -1.55. The standard InChI is InChI=1S/C16H28O4/c1-3-5-9-13-10-7-8-11-16(13,14(17)18)15(19)20-12-6-4-2/h13H,3-12H2,1-2H3,(H,17,18). The Morgan fingerprint density at radius 2 is 1.90 bits per heavy atom. The molecule has 1 aliphatic carbocycles. The molecule has 0 spiro atoms. The van der Waals surface area contributed by atoms with Crippen LogP contribution in [-0.4, -0.2) is 23.7 Å². The third kappa shape index (κ3) is 3.74. The monoisotopic (exact) mass is 284 g/mol. The number of carbonyl (C=O) groups excluding carboxylic acids is 1. The van der Waals surface area contributed by atoms with Gasteiger partial charge in [0.15, 0.2) is 5.41 Å². The number of hydrogen-bond donors (Lipinski definition) is 1. The van der Waals surface area contributed by atoms with Gasteiger partial charge in [-0.15, -0.1) is 0 Å². The van der Waals surface area contributed by atoms with E-state index < -0.39 is 17.4 Å². The number of rotatable bonds is 8. The van der Waals surface area contributed by atoms with E-state index in [9.17, 15) is 14.7 Å². The van der Waals surface area contributed by atoms with Gasteiger partial charge in [-0.2, -0.15) is 0 Å². The first-order valence-electron chi connectivity index (χ1n) is 8.00. The van der Waals surface area contributed by atoms with Gasteiger partial charge in [0.25, 0.3) is 0 Å². The van der Waals surface area contributed by atoms with Crippen molar-refractivity contribution in [3.05, 3.63) is 0 Å². The summed E-state index contributed by atoms with van der Waals surface area (Å²) in [6, 6.07) is 0. The van der Waals surface area contributed by atoms with E-state index in [4.69, 9.17) is 4.74 Å². The zero-order chi connectivity index (χ0) is 15.0. The van der Waals surface area contributed by atoms with Crippen molar-refractivity contribution in [1.82, 2.24) is 0 Å². The highest BCUT2D eigenvalue weighted by atomic mass is 16.5. The van der Waals surface area contributed by atoms with Crippen LogP contribution in [0.15, 0.2) is 0 Å². The predicted molar refractivity (Wildman–Crippen MR) is 77.4 cm³/mol. The molecule has 2 unspecified atom stereocenters. The van der Waals surface area contributed by atoms with Gasteiger partial charge in [0.05, 0.1) is 6.61 Å². The first-order valence-corrected chi connectivity index (χ1v) is 8.00. The molecule has 1 aliphatic rings. The minimum absolute atomic E-state index is 0.0668. The van der Waals surface area contributed by atoms with Crippen LogP contribution in [0, 0.1) is 11.3 Å². The lowest BCUT2D eigenvalue weighted by atomic mass is 9.64. The van der Waals surface area contributed by atoms with Crippen molar-refractivity contribution in [3.8, 4) is 0 Å². The zero-order valence-corrected chi connectivity index (χ0v) is 12.8. The van der Waals surface area contributed by atoms with E-state index in [0.29, 0.717) is 13.0 Å². The van der Waals surface area contributed by atoms with Gasteiger partial charge < -0.3 is 9.84 Å². The van der Waals surface area contributed by atoms with Crippen LogP contribution in [-0.2, 0) is 14.3 Å². The molecule has 0 radical (unpaired) electrons. The molecule has 0 aromatic heterocycles. The van der Waals surface area contributed by atoms with E-state index in [-0.39, 0.29) is 5.92 Å². The summed E-state index contributed by atoms with van der Waals surface area (Å²) < 4.78 is 5.28. The van der Waals surface area contributed by atoms with Crippen molar-refractivity contribution >= 4 is 11.9 Å². The second-order valence-electron chi connectivity index (χ2n) is 5.85. The summed E-state index contributed by atoms with van der Waals surface area (Å²) in [5.41, 5.74) is -1.29. The summed E-state index contributed by atoms with van der Waals surface area (Å²) in [5, 5.41) is 9.68. The second-order valence-corrected chi connectivity index (χ2v) is 5.85. The molecule has 1 N–H and O–H groups in total. The summed E-state index contributed by atoms with van der Waals surface area (Å²) in [6.07, 6.45) is 7.62. The topological polar surface area (TPSA) is 63.6 Å². The average molecular weight is 284 g/mol. The van der Waals surface area contributed by atoms with Crippen LogP contribution < -0.4 is 0 Å². The van der Waals surface area contributed by atoms with E-state index in [1.807, 2.05) is 6.92 Å². The van der Waals surface area contributed by atoms with Gasteiger partial charge in [0.1, 0.15) is 0 Å². The molecule has 0 saturated heterocycles. The van der Waals surface area contributed by atoms with Crippen molar-refractivity contribution in [2.45, 2.75) is 71.6 Å². The smallest absolute Gasteiger partial charge is 0.323 e. The van der Waals surface area contributed by atoms with Crippen LogP contribution in [0.25, 0.3) is 0 Å². The number of aliphatic carboxylic acids is 1. The molecule has 116 valence electrons. The Kier molecular flexibility index (Phi) is 7.03. The van der Waals surface area contributed by atoms with Gasteiger partial charge in [-0.1, -0.05) is 46.0 Å². The number of carbonyl (C=O) groups is 2. The maximum Gasteiger partial charge on any atom is 0.323 e. The normalized spacial score (nSPS) is 26.2. The van der Waals surface area contributed by atoms with Crippen LogP contribution in [0.1, 0.15) is 71.6 Å². The van der Waals surface area contributed by atoms with Crippen molar-refractivity contribution in [3.63, 3.8) is 0 Å². The average Bonchev–Trinajstić information content (AvgIpc) is 2.45. The molecule has 4 heteroatoms. The molecule has 0 aliphatic heterocycles.